The van der Waals surface area contributed by atoms with Crippen molar-refractivity contribution in [2.24, 2.45) is 5.10 Å². The highest BCUT2D eigenvalue weighted by Gasteiger charge is 2.12. The van der Waals surface area contributed by atoms with Gasteiger partial charge in [0, 0.05) is 29.6 Å². The molecule has 2 aromatic heterocycles. The molecule has 0 bridgehead atoms. The van der Waals surface area contributed by atoms with E-state index in [1.54, 1.807) is 36.5 Å². The van der Waals surface area contributed by atoms with Crippen LogP contribution in [0.5, 0.6) is 0 Å². The van der Waals surface area contributed by atoms with E-state index in [-0.39, 0.29) is 11.2 Å². The highest BCUT2D eigenvalue weighted by atomic mass is 16.6. The summed E-state index contributed by atoms with van der Waals surface area (Å²) in [5.41, 5.74) is 2.54. The molecule has 0 fully saturated rings. The standard InChI is InChI=1S/C25H17N5O3/c31-25-22-10-4-5-11-23(22)27-24(18-7-2-1-3-8-18)29(25)26-17-21-9-6-16-28(21)19-12-14-20(15-13-19)30(32)33/h1-17H. The zero-order valence-electron chi connectivity index (χ0n) is 17.3. The summed E-state index contributed by atoms with van der Waals surface area (Å²) >= 11 is 0. The van der Waals surface area contributed by atoms with Crippen molar-refractivity contribution in [3.63, 3.8) is 0 Å². The van der Waals surface area contributed by atoms with E-state index < -0.39 is 4.92 Å². The Hall–Kier alpha value is -4.85. The van der Waals surface area contributed by atoms with Crippen LogP contribution in [-0.4, -0.2) is 25.4 Å². The van der Waals surface area contributed by atoms with E-state index in [1.807, 2.05) is 59.3 Å². The molecule has 0 spiro atoms. The Morgan fingerprint density at radius 3 is 2.36 bits per heavy atom. The number of non-ortho nitro benzene ring substituents is 1. The molecule has 0 aliphatic heterocycles. The number of para-hydroxylation sites is 1. The average Bonchev–Trinajstić information content (AvgIpc) is 3.32. The Labute approximate surface area is 187 Å². The lowest BCUT2D eigenvalue weighted by molar-refractivity contribution is -0.384. The summed E-state index contributed by atoms with van der Waals surface area (Å²) in [7, 11) is 0. The van der Waals surface area contributed by atoms with Crippen LogP contribution >= 0.6 is 0 Å². The maximum absolute atomic E-state index is 13.3. The molecule has 160 valence electrons. The van der Waals surface area contributed by atoms with E-state index in [1.165, 1.54) is 16.8 Å². The van der Waals surface area contributed by atoms with E-state index in [0.717, 1.165) is 11.3 Å². The van der Waals surface area contributed by atoms with Gasteiger partial charge in [-0.05, 0) is 36.4 Å². The first-order valence-corrected chi connectivity index (χ1v) is 10.2. The van der Waals surface area contributed by atoms with Crippen molar-refractivity contribution >= 4 is 22.8 Å². The molecular formula is C25H17N5O3. The fourth-order valence-corrected chi connectivity index (χ4v) is 3.59. The summed E-state index contributed by atoms with van der Waals surface area (Å²) in [6.07, 6.45) is 3.40. The Balaban J connectivity index is 1.61. The van der Waals surface area contributed by atoms with Gasteiger partial charge in [-0.1, -0.05) is 42.5 Å². The number of nitro groups is 1. The lowest BCUT2D eigenvalue weighted by atomic mass is 10.2. The van der Waals surface area contributed by atoms with Crippen LogP contribution in [-0.2, 0) is 0 Å². The predicted octanol–water partition coefficient (Wildman–Crippen LogP) is 4.64. The summed E-state index contributed by atoms with van der Waals surface area (Å²) in [6.45, 7) is 0. The van der Waals surface area contributed by atoms with E-state index in [2.05, 4.69) is 5.10 Å². The molecule has 0 atom stereocenters. The summed E-state index contributed by atoms with van der Waals surface area (Å²) in [4.78, 5) is 28.5. The van der Waals surface area contributed by atoms with Crippen LogP contribution in [0.3, 0.4) is 0 Å². The molecule has 0 aliphatic rings. The molecule has 0 radical (unpaired) electrons. The van der Waals surface area contributed by atoms with Gasteiger partial charge >= 0.3 is 0 Å². The van der Waals surface area contributed by atoms with Gasteiger partial charge in [-0.2, -0.15) is 9.78 Å². The second kappa shape index (κ2) is 8.35. The molecule has 0 amide bonds. The lowest BCUT2D eigenvalue weighted by Gasteiger charge is -2.10. The minimum atomic E-state index is -0.438. The summed E-state index contributed by atoms with van der Waals surface area (Å²) in [5, 5.41) is 15.9. The van der Waals surface area contributed by atoms with E-state index in [9.17, 15) is 14.9 Å². The molecule has 8 heteroatoms. The number of nitrogens with zero attached hydrogens (tertiary/aromatic N) is 5. The first-order valence-electron chi connectivity index (χ1n) is 10.2. The maximum atomic E-state index is 13.3. The summed E-state index contributed by atoms with van der Waals surface area (Å²) in [6, 6.07) is 26.5. The maximum Gasteiger partial charge on any atom is 0.282 e. The van der Waals surface area contributed by atoms with Gasteiger partial charge < -0.3 is 4.57 Å². The second-order valence-corrected chi connectivity index (χ2v) is 7.26. The largest absolute Gasteiger partial charge is 0.316 e. The molecule has 0 aliphatic carbocycles. The van der Waals surface area contributed by atoms with Gasteiger partial charge in [-0.15, -0.1) is 0 Å². The summed E-state index contributed by atoms with van der Waals surface area (Å²) < 4.78 is 3.12. The first kappa shape index (κ1) is 20.1. The summed E-state index contributed by atoms with van der Waals surface area (Å²) in [5.74, 6) is 0.434. The minimum Gasteiger partial charge on any atom is -0.316 e. The fourth-order valence-electron chi connectivity index (χ4n) is 3.59. The van der Waals surface area contributed by atoms with Crippen molar-refractivity contribution < 1.29 is 4.92 Å². The van der Waals surface area contributed by atoms with Gasteiger partial charge in [0.2, 0.25) is 0 Å². The fraction of sp³-hybridized carbons (Fsp3) is 0. The zero-order valence-corrected chi connectivity index (χ0v) is 17.3. The van der Waals surface area contributed by atoms with Crippen molar-refractivity contribution in [1.82, 2.24) is 14.2 Å². The Morgan fingerprint density at radius 1 is 0.879 bits per heavy atom. The van der Waals surface area contributed by atoms with Crippen LogP contribution in [0.1, 0.15) is 5.69 Å². The van der Waals surface area contributed by atoms with Gasteiger partial charge in [-0.25, -0.2) is 4.98 Å². The number of benzene rings is 3. The van der Waals surface area contributed by atoms with Crippen molar-refractivity contribution in [3.05, 3.63) is 123 Å². The first-order chi connectivity index (χ1) is 16.1. The van der Waals surface area contributed by atoms with Crippen LogP contribution in [0.15, 0.2) is 107 Å². The number of hydrogen-bond acceptors (Lipinski definition) is 5. The molecule has 33 heavy (non-hydrogen) atoms. The Morgan fingerprint density at radius 2 is 1.61 bits per heavy atom. The lowest BCUT2D eigenvalue weighted by Crippen LogP contribution is -2.20. The minimum absolute atomic E-state index is 0.0161. The van der Waals surface area contributed by atoms with E-state index in [0.29, 0.717) is 22.4 Å². The predicted molar refractivity (Wildman–Crippen MR) is 127 cm³/mol. The quantitative estimate of drug-likeness (QED) is 0.228. The average molecular weight is 435 g/mol. The van der Waals surface area contributed by atoms with Crippen molar-refractivity contribution in [1.29, 1.82) is 0 Å². The number of aromatic nitrogens is 3. The van der Waals surface area contributed by atoms with Crippen LogP contribution in [0.4, 0.5) is 5.69 Å². The molecule has 5 aromatic rings. The monoisotopic (exact) mass is 435 g/mol. The molecule has 2 heterocycles. The van der Waals surface area contributed by atoms with E-state index >= 15 is 0 Å². The van der Waals surface area contributed by atoms with Gasteiger partial charge in [0.25, 0.3) is 11.2 Å². The third kappa shape index (κ3) is 3.81. The molecule has 5 rings (SSSR count). The number of nitro benzene ring substituents is 1. The van der Waals surface area contributed by atoms with E-state index in [4.69, 9.17) is 4.98 Å². The highest BCUT2D eigenvalue weighted by molar-refractivity contribution is 5.81. The smallest absolute Gasteiger partial charge is 0.282 e. The van der Waals surface area contributed by atoms with Crippen molar-refractivity contribution in [2.45, 2.75) is 0 Å². The van der Waals surface area contributed by atoms with Crippen LogP contribution in [0.25, 0.3) is 28.0 Å². The van der Waals surface area contributed by atoms with Gasteiger partial charge in [-0.3, -0.25) is 14.9 Å². The van der Waals surface area contributed by atoms with Crippen molar-refractivity contribution in [2.75, 3.05) is 0 Å². The zero-order chi connectivity index (χ0) is 22.8. The Bertz CT molecular complexity index is 1550. The number of rotatable bonds is 5. The Kier molecular flexibility index (Phi) is 5.08. The van der Waals surface area contributed by atoms with Crippen LogP contribution in [0, 0.1) is 10.1 Å². The van der Waals surface area contributed by atoms with Crippen LogP contribution < -0.4 is 5.56 Å². The molecule has 3 aromatic carbocycles. The van der Waals surface area contributed by atoms with Crippen LogP contribution in [0.2, 0.25) is 0 Å². The van der Waals surface area contributed by atoms with Gasteiger partial charge in [0.1, 0.15) is 0 Å². The SMILES string of the molecule is O=c1c2ccccc2nc(-c2ccccc2)n1N=Cc1cccn1-c1ccc([N+](=O)[O-])cc1. The molecule has 0 saturated heterocycles. The molecule has 8 nitrogen and oxygen atoms in total. The van der Waals surface area contributed by atoms with Gasteiger partial charge in [0.05, 0.1) is 27.7 Å². The van der Waals surface area contributed by atoms with Crippen molar-refractivity contribution in [3.8, 4) is 17.1 Å². The topological polar surface area (TPSA) is 95.3 Å². The molecule has 0 saturated carbocycles. The highest BCUT2D eigenvalue weighted by Crippen LogP contribution is 2.20. The number of fused-ring (bicyclic) bond motifs is 1. The third-order valence-electron chi connectivity index (χ3n) is 5.21. The third-order valence-corrected chi connectivity index (χ3v) is 5.21. The molecule has 0 N–H and O–H groups in total. The molecular weight excluding hydrogens is 418 g/mol. The molecule has 0 unspecified atom stereocenters. The second-order valence-electron chi connectivity index (χ2n) is 7.26. The normalized spacial score (nSPS) is 11.3. The number of hydrogen-bond donors (Lipinski definition) is 0. The van der Waals surface area contributed by atoms with Gasteiger partial charge in [0.15, 0.2) is 5.82 Å².